The number of hydrogen-bond acceptors (Lipinski definition) is 4. The number of sulfonamides is 1. The quantitative estimate of drug-likeness (QED) is 0.562. The minimum absolute atomic E-state index is 0.00459. The molecule has 0 radical (unpaired) electrons. The molecule has 1 atom stereocenters. The average Bonchev–Trinajstić information content (AvgIpc) is 2.82. The number of nitrogens with zero attached hydrogens (tertiary/aromatic N) is 2. The van der Waals surface area contributed by atoms with E-state index in [4.69, 9.17) is 0 Å². The Labute approximate surface area is 205 Å². The van der Waals surface area contributed by atoms with Crippen LogP contribution in [0.3, 0.4) is 0 Å². The third-order valence-electron chi connectivity index (χ3n) is 6.22. The number of carbonyl (C=O) groups excluding carboxylic acids is 2. The molecule has 1 N–H and O–H groups in total. The van der Waals surface area contributed by atoms with Crippen LogP contribution in [0.25, 0.3) is 0 Å². The fourth-order valence-electron chi connectivity index (χ4n) is 4.21. The second kappa shape index (κ2) is 11.6. The molecule has 0 aliphatic heterocycles. The lowest BCUT2D eigenvalue weighted by Gasteiger charge is -2.33. The van der Waals surface area contributed by atoms with Gasteiger partial charge in [-0.2, -0.15) is 0 Å². The van der Waals surface area contributed by atoms with Gasteiger partial charge in [-0.15, -0.1) is 0 Å². The van der Waals surface area contributed by atoms with E-state index in [2.05, 4.69) is 5.32 Å². The minimum atomic E-state index is -4.05. The van der Waals surface area contributed by atoms with E-state index in [0.29, 0.717) is 4.31 Å². The van der Waals surface area contributed by atoms with Crippen molar-refractivity contribution in [3.63, 3.8) is 0 Å². The Hall–Kier alpha value is -3.01. The van der Waals surface area contributed by atoms with Crippen molar-refractivity contribution >= 4 is 27.5 Å². The number of benzene rings is 2. The molecule has 1 unspecified atom stereocenters. The number of carbonyl (C=O) groups is 2. The molecular formula is C25H31F2N3O4S. The summed E-state index contributed by atoms with van der Waals surface area (Å²) in [5, 5.41) is 2.96. The van der Waals surface area contributed by atoms with Crippen molar-refractivity contribution in [3.05, 3.63) is 65.7 Å². The first-order valence-corrected chi connectivity index (χ1v) is 13.5. The van der Waals surface area contributed by atoms with Crippen LogP contribution in [0.5, 0.6) is 0 Å². The highest BCUT2D eigenvalue weighted by Gasteiger charge is 2.32. The molecule has 2 aromatic rings. The van der Waals surface area contributed by atoms with Gasteiger partial charge >= 0.3 is 0 Å². The maximum Gasteiger partial charge on any atom is 0.244 e. The van der Waals surface area contributed by atoms with Gasteiger partial charge in [0.15, 0.2) is 0 Å². The molecule has 35 heavy (non-hydrogen) atoms. The Bertz CT molecular complexity index is 1150. The molecule has 10 heteroatoms. The van der Waals surface area contributed by atoms with Gasteiger partial charge < -0.3 is 10.2 Å². The zero-order chi connectivity index (χ0) is 25.6. The fraction of sp³-hybridized carbons (Fsp3) is 0.440. The molecule has 0 heterocycles. The Kier molecular flexibility index (Phi) is 8.82. The molecule has 3 rings (SSSR count). The lowest BCUT2D eigenvalue weighted by atomic mass is 9.95. The van der Waals surface area contributed by atoms with Crippen LogP contribution >= 0.6 is 0 Å². The van der Waals surface area contributed by atoms with Crippen LogP contribution in [0.2, 0.25) is 0 Å². The third kappa shape index (κ3) is 7.00. The van der Waals surface area contributed by atoms with Gasteiger partial charge in [-0.25, -0.2) is 17.2 Å². The first-order valence-electron chi connectivity index (χ1n) is 11.6. The number of anilines is 1. The molecule has 1 fully saturated rings. The smallest absolute Gasteiger partial charge is 0.244 e. The molecule has 0 bridgehead atoms. The number of halogens is 2. The number of amides is 2. The van der Waals surface area contributed by atoms with Crippen molar-refractivity contribution in [2.24, 2.45) is 0 Å². The monoisotopic (exact) mass is 507 g/mol. The normalized spacial score (nSPS) is 15.3. The minimum Gasteiger partial charge on any atom is -0.352 e. The van der Waals surface area contributed by atoms with Crippen LogP contribution in [0.4, 0.5) is 14.5 Å². The number of nitrogens with one attached hydrogen (secondary N) is 1. The highest BCUT2D eigenvalue weighted by molar-refractivity contribution is 7.92. The first-order chi connectivity index (χ1) is 16.6. The van der Waals surface area contributed by atoms with Crippen LogP contribution in [-0.2, 0) is 26.2 Å². The Balaban J connectivity index is 1.89. The molecule has 190 valence electrons. The van der Waals surface area contributed by atoms with Gasteiger partial charge in [-0.1, -0.05) is 49.6 Å². The van der Waals surface area contributed by atoms with E-state index < -0.39 is 46.1 Å². The van der Waals surface area contributed by atoms with Crippen LogP contribution in [0, 0.1) is 11.6 Å². The number of rotatable bonds is 9. The summed E-state index contributed by atoms with van der Waals surface area (Å²) in [5.74, 6) is -2.53. The summed E-state index contributed by atoms with van der Waals surface area (Å²) in [6.07, 6.45) is 5.67. The molecule has 2 amide bonds. The molecular weight excluding hydrogens is 476 g/mol. The molecule has 1 aliphatic carbocycles. The van der Waals surface area contributed by atoms with E-state index in [9.17, 15) is 26.8 Å². The van der Waals surface area contributed by atoms with Crippen molar-refractivity contribution in [2.45, 2.75) is 57.7 Å². The van der Waals surface area contributed by atoms with Gasteiger partial charge in [0.25, 0.3) is 0 Å². The zero-order valence-electron chi connectivity index (χ0n) is 19.9. The maximum absolute atomic E-state index is 14.4. The third-order valence-corrected chi connectivity index (χ3v) is 7.34. The second-order valence-corrected chi connectivity index (χ2v) is 10.8. The number of para-hydroxylation sites is 1. The highest BCUT2D eigenvalue weighted by atomic mass is 32.2. The van der Waals surface area contributed by atoms with E-state index in [1.807, 2.05) is 0 Å². The van der Waals surface area contributed by atoms with Crippen LogP contribution in [0.1, 0.15) is 44.6 Å². The summed E-state index contributed by atoms with van der Waals surface area (Å²) in [7, 11) is -4.05. The van der Waals surface area contributed by atoms with Gasteiger partial charge in [0.2, 0.25) is 21.8 Å². The first kappa shape index (κ1) is 26.6. The van der Waals surface area contributed by atoms with Crippen molar-refractivity contribution in [1.82, 2.24) is 10.2 Å². The van der Waals surface area contributed by atoms with Gasteiger partial charge in [0, 0.05) is 18.2 Å². The highest BCUT2D eigenvalue weighted by Crippen LogP contribution is 2.23. The van der Waals surface area contributed by atoms with E-state index >= 15 is 0 Å². The summed E-state index contributed by atoms with van der Waals surface area (Å²) in [6, 6.07) is 10.0. The lowest BCUT2D eigenvalue weighted by molar-refractivity contribution is -0.139. The van der Waals surface area contributed by atoms with Gasteiger partial charge in [-0.05, 0) is 38.0 Å². The van der Waals surface area contributed by atoms with E-state index in [1.54, 1.807) is 6.07 Å². The predicted octanol–water partition coefficient (Wildman–Crippen LogP) is 3.60. The number of hydrogen-bond donors (Lipinski definition) is 1. The maximum atomic E-state index is 14.4. The SMILES string of the molecule is CC(C(=O)NC1CCCCC1)N(Cc1ccccc1F)C(=O)CN(c1ccccc1F)S(C)(=O)=O. The molecule has 2 aromatic carbocycles. The van der Waals surface area contributed by atoms with Crippen molar-refractivity contribution in [3.8, 4) is 0 Å². The Morgan fingerprint density at radius 2 is 1.60 bits per heavy atom. The Morgan fingerprint density at radius 1 is 1.00 bits per heavy atom. The summed E-state index contributed by atoms with van der Waals surface area (Å²) >= 11 is 0. The standard InChI is InChI=1S/C25H31F2N3O4S/c1-18(25(32)28-20-11-4-3-5-12-20)29(16-19-10-6-7-13-21(19)26)24(31)17-30(35(2,33)34)23-15-9-8-14-22(23)27/h6-10,13-15,18,20H,3-5,11-12,16-17H2,1-2H3,(H,28,32). The van der Waals surface area contributed by atoms with E-state index in [0.717, 1.165) is 49.3 Å². The molecule has 0 saturated heterocycles. The van der Waals surface area contributed by atoms with Crippen LogP contribution in [-0.4, -0.2) is 50.0 Å². The largest absolute Gasteiger partial charge is 0.352 e. The van der Waals surface area contributed by atoms with Crippen molar-refractivity contribution in [1.29, 1.82) is 0 Å². The summed E-state index contributed by atoms with van der Waals surface area (Å²) in [4.78, 5) is 27.6. The van der Waals surface area contributed by atoms with Crippen LogP contribution < -0.4 is 9.62 Å². The van der Waals surface area contributed by atoms with Gasteiger partial charge in [-0.3, -0.25) is 13.9 Å². The summed E-state index contributed by atoms with van der Waals surface area (Å²) < 4.78 is 54.4. The van der Waals surface area contributed by atoms with Gasteiger partial charge in [0.1, 0.15) is 24.2 Å². The summed E-state index contributed by atoms with van der Waals surface area (Å²) in [5.41, 5.74) is -0.108. The zero-order valence-corrected chi connectivity index (χ0v) is 20.7. The Morgan fingerprint density at radius 3 is 2.20 bits per heavy atom. The van der Waals surface area contributed by atoms with Crippen molar-refractivity contribution < 1.29 is 26.8 Å². The average molecular weight is 508 g/mol. The fourth-order valence-corrected chi connectivity index (χ4v) is 5.06. The predicted molar refractivity (Wildman–Crippen MR) is 130 cm³/mol. The van der Waals surface area contributed by atoms with Crippen molar-refractivity contribution in [2.75, 3.05) is 17.1 Å². The second-order valence-electron chi connectivity index (χ2n) is 8.85. The molecule has 1 aliphatic rings. The molecule has 1 saturated carbocycles. The summed E-state index contributed by atoms with van der Waals surface area (Å²) in [6.45, 7) is 0.527. The molecule has 7 nitrogen and oxygen atoms in total. The molecule has 0 aromatic heterocycles. The van der Waals surface area contributed by atoms with E-state index in [-0.39, 0.29) is 23.8 Å². The van der Waals surface area contributed by atoms with Crippen LogP contribution in [0.15, 0.2) is 48.5 Å². The van der Waals surface area contributed by atoms with Gasteiger partial charge in [0.05, 0.1) is 11.9 Å². The molecule has 0 spiro atoms. The van der Waals surface area contributed by atoms with E-state index in [1.165, 1.54) is 43.3 Å². The lowest BCUT2D eigenvalue weighted by Crippen LogP contribution is -2.53. The topological polar surface area (TPSA) is 86.8 Å².